The molecule has 0 atom stereocenters. The number of halogens is 1. The maximum absolute atomic E-state index is 12.9. The Kier molecular flexibility index (Phi) is 7.13. The lowest BCUT2D eigenvalue weighted by Crippen LogP contribution is -3.11. The van der Waals surface area contributed by atoms with Crippen LogP contribution in [0, 0.1) is 5.82 Å². The second-order valence-corrected chi connectivity index (χ2v) is 6.88. The van der Waals surface area contributed by atoms with Gasteiger partial charge in [-0.25, -0.2) is 4.39 Å². The quantitative estimate of drug-likeness (QED) is 0.529. The first-order valence-electron chi connectivity index (χ1n) is 10.00. The molecule has 0 fully saturated rings. The van der Waals surface area contributed by atoms with Gasteiger partial charge in [0, 0.05) is 5.39 Å². The normalized spacial score (nSPS) is 11.6. The highest BCUT2D eigenvalue weighted by Gasteiger charge is 2.18. The molecule has 2 N–H and O–H groups in total. The van der Waals surface area contributed by atoms with Crippen LogP contribution in [0.2, 0.25) is 0 Å². The Balaban J connectivity index is 1.75. The van der Waals surface area contributed by atoms with E-state index in [1.54, 1.807) is 4.57 Å². The number of aromatic hydroxyl groups is 1. The Hall–Kier alpha value is -3.26. The number of nitrogens with zero attached hydrogens (tertiary/aromatic N) is 3. The number of carbonyl (C=O) groups excluding carboxylic acids is 1. The van der Waals surface area contributed by atoms with E-state index in [0.29, 0.717) is 12.3 Å². The fourth-order valence-corrected chi connectivity index (χ4v) is 3.28. The zero-order valence-corrected chi connectivity index (χ0v) is 17.1. The van der Waals surface area contributed by atoms with Crippen LogP contribution in [0.5, 0.6) is 11.6 Å². The van der Waals surface area contributed by atoms with Gasteiger partial charge in [-0.15, -0.1) is 10.2 Å². The molecule has 1 aromatic heterocycles. The zero-order chi connectivity index (χ0) is 21.5. The number of quaternary nitrogens is 1. The number of amides is 1. The molecule has 7 nitrogen and oxygen atoms in total. The highest BCUT2D eigenvalue weighted by Crippen LogP contribution is 2.38. The average Bonchev–Trinajstić information content (AvgIpc) is 3.03. The number of aromatic nitrogens is 1. The minimum atomic E-state index is -0.608. The van der Waals surface area contributed by atoms with Crippen LogP contribution in [-0.2, 0) is 11.3 Å². The molecule has 1 heterocycles. The monoisotopic (exact) mass is 413 g/mol. The summed E-state index contributed by atoms with van der Waals surface area (Å²) in [5.74, 6) is -0.650. The number of para-hydroxylation sites is 1. The lowest BCUT2D eigenvalue weighted by molar-refractivity contribution is -0.897. The number of ether oxygens (including phenoxy) is 1. The third-order valence-corrected chi connectivity index (χ3v) is 5.04. The van der Waals surface area contributed by atoms with Crippen molar-refractivity contribution in [3.05, 3.63) is 54.3 Å². The molecule has 0 spiro atoms. The van der Waals surface area contributed by atoms with E-state index in [1.165, 1.54) is 29.2 Å². The van der Waals surface area contributed by atoms with E-state index in [4.69, 9.17) is 4.74 Å². The van der Waals surface area contributed by atoms with Gasteiger partial charge in [-0.05, 0) is 44.2 Å². The van der Waals surface area contributed by atoms with Crippen molar-refractivity contribution < 1.29 is 23.9 Å². The molecular weight excluding hydrogens is 387 g/mol. The molecule has 0 radical (unpaired) electrons. The van der Waals surface area contributed by atoms with E-state index < -0.39 is 5.91 Å². The van der Waals surface area contributed by atoms with Crippen LogP contribution >= 0.6 is 0 Å². The van der Waals surface area contributed by atoms with Gasteiger partial charge in [0.2, 0.25) is 5.88 Å². The van der Waals surface area contributed by atoms with Gasteiger partial charge in [-0.2, -0.15) is 0 Å². The zero-order valence-electron chi connectivity index (χ0n) is 17.1. The number of likely N-dealkylation sites (N-methyl/N-ethyl adjacent to an activating group) is 1. The first-order valence-corrected chi connectivity index (χ1v) is 10.00. The highest BCUT2D eigenvalue weighted by molar-refractivity contribution is 5.95. The Labute approximate surface area is 174 Å². The van der Waals surface area contributed by atoms with Crippen molar-refractivity contribution in [2.75, 3.05) is 26.2 Å². The lowest BCUT2D eigenvalue weighted by atomic mass is 10.2. The number of rotatable bonds is 9. The summed E-state index contributed by atoms with van der Waals surface area (Å²) >= 11 is 0. The van der Waals surface area contributed by atoms with Gasteiger partial charge in [0.05, 0.1) is 31.7 Å². The number of carbonyl (C=O) groups is 1. The smallest absolute Gasteiger partial charge is 0.302 e. The van der Waals surface area contributed by atoms with E-state index in [9.17, 15) is 14.3 Å². The Bertz CT molecular complexity index is 1030. The van der Waals surface area contributed by atoms with E-state index in [1.807, 2.05) is 24.3 Å². The molecule has 0 unspecified atom stereocenters. The van der Waals surface area contributed by atoms with Crippen LogP contribution in [0.1, 0.15) is 13.8 Å². The summed E-state index contributed by atoms with van der Waals surface area (Å²) in [5.41, 5.74) is 1.10. The third-order valence-electron chi connectivity index (χ3n) is 5.04. The summed E-state index contributed by atoms with van der Waals surface area (Å²) in [7, 11) is 0. The fraction of sp³-hybridized carbons (Fsp3) is 0.318. The number of nitrogens with one attached hydrogen (secondary N) is 1. The van der Waals surface area contributed by atoms with Crippen molar-refractivity contribution in [1.29, 1.82) is 0 Å². The van der Waals surface area contributed by atoms with Crippen molar-refractivity contribution >= 4 is 22.5 Å². The van der Waals surface area contributed by atoms with Gasteiger partial charge >= 0.3 is 5.91 Å². The van der Waals surface area contributed by atoms with Crippen LogP contribution in [0.3, 0.4) is 0 Å². The van der Waals surface area contributed by atoms with Crippen LogP contribution in [-0.4, -0.2) is 41.8 Å². The molecule has 0 saturated heterocycles. The number of azo groups is 1. The predicted molar refractivity (Wildman–Crippen MR) is 112 cm³/mol. The highest BCUT2D eigenvalue weighted by atomic mass is 19.1. The number of hydrogen-bond donors (Lipinski definition) is 2. The Morgan fingerprint density at radius 2 is 1.83 bits per heavy atom. The van der Waals surface area contributed by atoms with Gasteiger partial charge in [0.1, 0.15) is 11.6 Å². The van der Waals surface area contributed by atoms with E-state index >= 15 is 0 Å². The van der Waals surface area contributed by atoms with Gasteiger partial charge < -0.3 is 19.3 Å². The van der Waals surface area contributed by atoms with Gasteiger partial charge in [-0.3, -0.25) is 4.79 Å². The van der Waals surface area contributed by atoms with E-state index in [0.717, 1.165) is 30.5 Å². The molecular formula is C22H26FN4O3+. The maximum atomic E-state index is 12.9. The molecule has 158 valence electrons. The van der Waals surface area contributed by atoms with Crippen molar-refractivity contribution in [3.8, 4) is 11.6 Å². The minimum Gasteiger partial charge on any atom is -0.493 e. The molecule has 0 aliphatic rings. The van der Waals surface area contributed by atoms with Crippen molar-refractivity contribution in [2.45, 2.75) is 20.4 Å². The molecule has 0 bridgehead atoms. The van der Waals surface area contributed by atoms with E-state index in [-0.39, 0.29) is 24.0 Å². The summed E-state index contributed by atoms with van der Waals surface area (Å²) in [6.45, 7) is 7.43. The molecule has 3 rings (SSSR count). The maximum Gasteiger partial charge on any atom is 0.302 e. The van der Waals surface area contributed by atoms with Crippen LogP contribution < -0.4 is 9.64 Å². The molecule has 30 heavy (non-hydrogen) atoms. The molecule has 8 heteroatoms. The van der Waals surface area contributed by atoms with Crippen molar-refractivity contribution in [3.63, 3.8) is 0 Å². The third kappa shape index (κ3) is 5.01. The second-order valence-electron chi connectivity index (χ2n) is 6.88. The fourth-order valence-electron chi connectivity index (χ4n) is 3.28. The van der Waals surface area contributed by atoms with Gasteiger partial charge in [-0.1, -0.05) is 18.2 Å². The summed E-state index contributed by atoms with van der Waals surface area (Å²) in [6, 6.07) is 12.8. The Morgan fingerprint density at radius 1 is 1.13 bits per heavy atom. The van der Waals surface area contributed by atoms with Gasteiger partial charge in [0.15, 0.2) is 12.3 Å². The van der Waals surface area contributed by atoms with E-state index in [2.05, 4.69) is 24.1 Å². The number of hydrogen-bond acceptors (Lipinski definition) is 4. The molecule has 2 aromatic carbocycles. The van der Waals surface area contributed by atoms with Crippen molar-refractivity contribution in [2.24, 2.45) is 10.2 Å². The molecule has 0 saturated carbocycles. The standard InChI is InChI=1S/C22H25FN4O3/c1-3-26(4-2)13-14-27-19-8-6-5-7-18(19)21(22(27)29)25-24-20(28)15-30-17-11-9-16(23)10-12-17/h5-12,29H,3-4,13-15H2,1-2H3/p+1. The SMILES string of the molecule is CC[NH+](CC)CCn1c(O)c(N=NC(=O)COc2ccc(F)cc2)c2ccccc21. The molecule has 0 aliphatic carbocycles. The minimum absolute atomic E-state index is 0.0150. The predicted octanol–water partition coefficient (Wildman–Crippen LogP) is 3.10. The first-order chi connectivity index (χ1) is 14.5. The lowest BCUT2D eigenvalue weighted by Gasteiger charge is -2.16. The number of benzene rings is 2. The Morgan fingerprint density at radius 3 is 2.53 bits per heavy atom. The van der Waals surface area contributed by atoms with Crippen molar-refractivity contribution in [1.82, 2.24) is 4.57 Å². The summed E-state index contributed by atoms with van der Waals surface area (Å²) in [5, 5.41) is 19.2. The largest absolute Gasteiger partial charge is 0.493 e. The summed E-state index contributed by atoms with van der Waals surface area (Å²) in [6.07, 6.45) is 0. The topological polar surface area (TPSA) is 80.6 Å². The average molecular weight is 413 g/mol. The van der Waals surface area contributed by atoms with Crippen LogP contribution in [0.15, 0.2) is 58.8 Å². The van der Waals surface area contributed by atoms with Crippen LogP contribution in [0.4, 0.5) is 10.1 Å². The first kappa shape index (κ1) is 21.4. The molecule has 3 aromatic rings. The van der Waals surface area contributed by atoms with Crippen LogP contribution in [0.25, 0.3) is 10.9 Å². The molecule has 0 aliphatic heterocycles. The number of fused-ring (bicyclic) bond motifs is 1. The summed E-state index contributed by atoms with van der Waals surface area (Å²) in [4.78, 5) is 13.5. The molecule has 1 amide bonds. The second kappa shape index (κ2) is 9.98. The summed E-state index contributed by atoms with van der Waals surface area (Å²) < 4.78 is 20.0. The van der Waals surface area contributed by atoms with Gasteiger partial charge in [0.25, 0.3) is 0 Å².